The van der Waals surface area contributed by atoms with Gasteiger partial charge in [-0.2, -0.15) is 5.10 Å². The summed E-state index contributed by atoms with van der Waals surface area (Å²) in [7, 11) is 0. The highest BCUT2D eigenvalue weighted by Crippen LogP contribution is 2.21. The number of hydrogen-bond acceptors (Lipinski definition) is 5. The zero-order valence-corrected chi connectivity index (χ0v) is 15.4. The Kier molecular flexibility index (Phi) is 5.04. The maximum atomic E-state index is 12.0. The van der Waals surface area contributed by atoms with E-state index in [0.717, 1.165) is 20.1 Å². The Morgan fingerprint density at radius 2 is 2.30 bits per heavy atom. The Hall–Kier alpha value is -1.77. The van der Waals surface area contributed by atoms with Crippen molar-refractivity contribution in [1.29, 1.82) is 0 Å². The van der Waals surface area contributed by atoms with Gasteiger partial charge >= 0.3 is 0 Å². The topological polar surface area (TPSA) is 59.8 Å². The van der Waals surface area contributed by atoms with E-state index in [9.17, 15) is 4.79 Å². The van der Waals surface area contributed by atoms with Crippen LogP contribution in [0.15, 0.2) is 39.6 Å². The summed E-state index contributed by atoms with van der Waals surface area (Å²) in [6, 6.07) is 3.82. The van der Waals surface area contributed by atoms with Crippen LogP contribution < -0.4 is 5.32 Å². The summed E-state index contributed by atoms with van der Waals surface area (Å²) < 4.78 is 2.81. The van der Waals surface area contributed by atoms with Gasteiger partial charge in [0.1, 0.15) is 5.82 Å². The largest absolute Gasteiger partial charge is 0.307 e. The minimum absolute atomic E-state index is 0.204. The van der Waals surface area contributed by atoms with Crippen LogP contribution in [0.25, 0.3) is 6.08 Å². The number of thiophene rings is 1. The Morgan fingerprint density at radius 3 is 3.00 bits per heavy atom. The number of halogens is 1. The first-order chi connectivity index (χ1) is 11.1. The summed E-state index contributed by atoms with van der Waals surface area (Å²) >= 11 is 6.64. The lowest BCUT2D eigenvalue weighted by Gasteiger charge is -2.06. The summed E-state index contributed by atoms with van der Waals surface area (Å²) in [6.45, 7) is 2.55. The maximum Gasteiger partial charge on any atom is 0.249 e. The highest BCUT2D eigenvalue weighted by atomic mass is 79.9. The van der Waals surface area contributed by atoms with Crippen LogP contribution in [0.2, 0.25) is 0 Å². The minimum Gasteiger partial charge on any atom is -0.307 e. The fourth-order valence-corrected chi connectivity index (χ4v) is 3.95. The molecule has 1 N–H and O–H groups in total. The molecule has 0 aliphatic heterocycles. The van der Waals surface area contributed by atoms with E-state index in [0.29, 0.717) is 12.4 Å². The first kappa shape index (κ1) is 16.1. The van der Waals surface area contributed by atoms with E-state index in [1.165, 1.54) is 6.08 Å². The number of anilines is 1. The third kappa shape index (κ3) is 4.37. The standard InChI is InChI=1S/C15H13BrN4OS2/c1-10-18-12(9-22-10)2-3-15(21)19-14-4-5-17-20(14)7-13-6-11(16)8-23-13/h2-6,8-9H,7H2,1H3,(H,19,21)/b3-2+. The lowest BCUT2D eigenvalue weighted by atomic mass is 10.4. The van der Waals surface area contributed by atoms with Crippen molar-refractivity contribution in [3.05, 3.63) is 55.2 Å². The third-order valence-corrected chi connectivity index (χ3v) is 5.41. The molecule has 23 heavy (non-hydrogen) atoms. The average Bonchev–Trinajstić information content (AvgIpc) is 3.21. The molecule has 0 bridgehead atoms. The van der Waals surface area contributed by atoms with Gasteiger partial charge < -0.3 is 5.32 Å². The number of rotatable bonds is 5. The Labute approximate surface area is 149 Å². The van der Waals surface area contributed by atoms with Gasteiger partial charge in [-0.1, -0.05) is 0 Å². The Balaban J connectivity index is 1.65. The predicted molar refractivity (Wildman–Crippen MR) is 97.9 cm³/mol. The van der Waals surface area contributed by atoms with Crippen LogP contribution in [0.1, 0.15) is 15.6 Å². The monoisotopic (exact) mass is 408 g/mol. The summed E-state index contributed by atoms with van der Waals surface area (Å²) in [5, 5.41) is 12.0. The Morgan fingerprint density at radius 1 is 1.43 bits per heavy atom. The maximum absolute atomic E-state index is 12.0. The first-order valence-corrected chi connectivity index (χ1v) is 9.31. The molecule has 0 unspecified atom stereocenters. The van der Waals surface area contributed by atoms with Crippen molar-refractivity contribution in [2.24, 2.45) is 0 Å². The van der Waals surface area contributed by atoms with E-state index < -0.39 is 0 Å². The van der Waals surface area contributed by atoms with Crippen LogP contribution in [-0.4, -0.2) is 20.7 Å². The zero-order valence-electron chi connectivity index (χ0n) is 12.2. The van der Waals surface area contributed by atoms with Gasteiger partial charge in [-0.05, 0) is 35.0 Å². The third-order valence-electron chi connectivity index (χ3n) is 2.94. The first-order valence-electron chi connectivity index (χ1n) is 6.76. The molecule has 0 saturated carbocycles. The number of hydrogen-bond donors (Lipinski definition) is 1. The molecule has 0 aliphatic carbocycles. The van der Waals surface area contributed by atoms with Gasteiger partial charge in [-0.15, -0.1) is 22.7 Å². The molecule has 0 spiro atoms. The highest BCUT2D eigenvalue weighted by molar-refractivity contribution is 9.10. The number of amides is 1. The van der Waals surface area contributed by atoms with Gasteiger partial charge in [0.25, 0.3) is 0 Å². The van der Waals surface area contributed by atoms with Gasteiger partial charge in [-0.3, -0.25) is 4.79 Å². The quantitative estimate of drug-likeness (QED) is 0.644. The number of nitrogens with one attached hydrogen (secondary N) is 1. The van der Waals surface area contributed by atoms with Crippen LogP contribution in [-0.2, 0) is 11.3 Å². The number of nitrogens with zero attached hydrogens (tertiary/aromatic N) is 3. The average molecular weight is 409 g/mol. The molecule has 3 heterocycles. The van der Waals surface area contributed by atoms with Crippen molar-refractivity contribution in [3.8, 4) is 0 Å². The summed E-state index contributed by atoms with van der Waals surface area (Å²) in [4.78, 5) is 17.5. The molecule has 0 atom stereocenters. The number of carbonyl (C=O) groups is 1. The lowest BCUT2D eigenvalue weighted by molar-refractivity contribution is -0.111. The molecule has 0 aliphatic rings. The van der Waals surface area contributed by atoms with Gasteiger partial charge in [0.05, 0.1) is 23.4 Å². The molecule has 118 valence electrons. The van der Waals surface area contributed by atoms with Gasteiger partial charge in [0.2, 0.25) is 5.91 Å². The second-order valence-electron chi connectivity index (χ2n) is 4.72. The summed E-state index contributed by atoms with van der Waals surface area (Å²) in [5.74, 6) is 0.461. The molecule has 0 fully saturated rings. The second-order valence-corrected chi connectivity index (χ2v) is 7.69. The van der Waals surface area contributed by atoms with Crippen molar-refractivity contribution < 1.29 is 4.79 Å². The predicted octanol–water partition coefficient (Wildman–Crippen LogP) is 4.17. The van der Waals surface area contributed by atoms with Gasteiger partial charge in [-0.25, -0.2) is 9.67 Å². The van der Waals surface area contributed by atoms with Crippen molar-refractivity contribution in [1.82, 2.24) is 14.8 Å². The molecule has 3 aromatic heterocycles. The Bertz CT molecular complexity index is 849. The number of aryl methyl sites for hydroxylation is 1. The summed E-state index contributed by atoms with van der Waals surface area (Å²) in [6.07, 6.45) is 4.86. The van der Waals surface area contributed by atoms with Crippen LogP contribution >= 0.6 is 38.6 Å². The van der Waals surface area contributed by atoms with E-state index in [1.807, 2.05) is 23.8 Å². The molecule has 8 heteroatoms. The van der Waals surface area contributed by atoms with Crippen molar-refractivity contribution in [3.63, 3.8) is 0 Å². The molecule has 1 amide bonds. The smallest absolute Gasteiger partial charge is 0.249 e. The highest BCUT2D eigenvalue weighted by Gasteiger charge is 2.07. The van der Waals surface area contributed by atoms with Crippen molar-refractivity contribution in [2.45, 2.75) is 13.5 Å². The fraction of sp³-hybridized carbons (Fsp3) is 0.133. The summed E-state index contributed by atoms with van der Waals surface area (Å²) in [5.41, 5.74) is 0.791. The second kappa shape index (κ2) is 7.20. The fourth-order valence-electron chi connectivity index (χ4n) is 1.93. The van der Waals surface area contributed by atoms with E-state index in [1.54, 1.807) is 45.7 Å². The van der Waals surface area contributed by atoms with Gasteiger partial charge in [0, 0.05) is 32.3 Å². The van der Waals surface area contributed by atoms with E-state index in [-0.39, 0.29) is 5.91 Å². The van der Waals surface area contributed by atoms with E-state index >= 15 is 0 Å². The zero-order chi connectivity index (χ0) is 16.2. The van der Waals surface area contributed by atoms with Crippen LogP contribution in [0.3, 0.4) is 0 Å². The lowest BCUT2D eigenvalue weighted by Crippen LogP contribution is -2.13. The molecule has 0 radical (unpaired) electrons. The molecular formula is C15H13BrN4OS2. The van der Waals surface area contributed by atoms with Gasteiger partial charge in [0.15, 0.2) is 0 Å². The number of thiazole rings is 1. The molecule has 0 aromatic carbocycles. The van der Waals surface area contributed by atoms with Crippen molar-refractivity contribution in [2.75, 3.05) is 5.32 Å². The van der Waals surface area contributed by atoms with Crippen molar-refractivity contribution >= 4 is 56.4 Å². The minimum atomic E-state index is -0.204. The molecule has 5 nitrogen and oxygen atoms in total. The van der Waals surface area contributed by atoms with E-state index in [4.69, 9.17) is 0 Å². The SMILES string of the molecule is Cc1nc(/C=C/C(=O)Nc2ccnn2Cc2cc(Br)cs2)cs1. The molecule has 0 saturated heterocycles. The normalized spacial score (nSPS) is 11.2. The van der Waals surface area contributed by atoms with E-state index in [2.05, 4.69) is 31.3 Å². The molecular weight excluding hydrogens is 396 g/mol. The van der Waals surface area contributed by atoms with Crippen LogP contribution in [0, 0.1) is 6.92 Å². The molecule has 3 rings (SSSR count). The molecule has 3 aromatic rings. The number of aromatic nitrogens is 3. The number of carbonyl (C=O) groups excluding carboxylic acids is 1. The van der Waals surface area contributed by atoms with Crippen LogP contribution in [0.4, 0.5) is 5.82 Å². The van der Waals surface area contributed by atoms with Crippen LogP contribution in [0.5, 0.6) is 0 Å².